The van der Waals surface area contributed by atoms with Crippen molar-refractivity contribution in [2.45, 2.75) is 46.1 Å². The number of nitrogens with zero attached hydrogens (tertiary/aromatic N) is 3. The van der Waals surface area contributed by atoms with Crippen molar-refractivity contribution < 1.29 is 14.3 Å². The molecule has 9 heteroatoms. The standard InChI is InChI=1S/C24H25BrIN3O4/c1-5-14(3)22-28-20-9-8-17(25)12-18(20)23(30)29(22)27-13-16-7-10-21(19(26)11-16)33-15(4)24(31)32-6-2/h7-15H,5-6H2,1-4H3/t14-,15+/m0/s1. The maximum absolute atomic E-state index is 13.2. The van der Waals surface area contributed by atoms with Crippen LogP contribution in [-0.2, 0) is 9.53 Å². The van der Waals surface area contributed by atoms with Gasteiger partial charge in [0.1, 0.15) is 11.6 Å². The number of aromatic nitrogens is 2. The molecule has 2 aromatic carbocycles. The molecule has 3 rings (SSSR count). The van der Waals surface area contributed by atoms with Crippen molar-refractivity contribution in [3.8, 4) is 5.75 Å². The predicted octanol–water partition coefficient (Wildman–Crippen LogP) is 5.49. The number of hydrogen-bond donors (Lipinski definition) is 0. The van der Waals surface area contributed by atoms with E-state index in [1.807, 2.05) is 31.2 Å². The average Bonchev–Trinajstić information content (AvgIpc) is 2.79. The molecule has 0 saturated carbocycles. The number of ether oxygens (including phenoxy) is 2. The van der Waals surface area contributed by atoms with E-state index in [0.717, 1.165) is 20.0 Å². The lowest BCUT2D eigenvalue weighted by Crippen LogP contribution is -2.26. The molecule has 0 aliphatic rings. The average molecular weight is 626 g/mol. The molecule has 0 aliphatic heterocycles. The molecular formula is C24H25BrIN3O4. The molecule has 3 aromatic rings. The Labute approximate surface area is 214 Å². The zero-order valence-electron chi connectivity index (χ0n) is 18.8. The first-order chi connectivity index (χ1) is 15.7. The molecule has 0 N–H and O–H groups in total. The van der Waals surface area contributed by atoms with E-state index in [4.69, 9.17) is 14.5 Å². The highest BCUT2D eigenvalue weighted by Crippen LogP contribution is 2.24. The fourth-order valence-corrected chi connectivity index (χ4v) is 4.12. The smallest absolute Gasteiger partial charge is 0.347 e. The van der Waals surface area contributed by atoms with Gasteiger partial charge in [0.2, 0.25) is 0 Å². The summed E-state index contributed by atoms with van der Waals surface area (Å²) in [5.74, 6) is 0.837. The monoisotopic (exact) mass is 625 g/mol. The molecule has 0 unspecified atom stereocenters. The molecule has 174 valence electrons. The zero-order chi connectivity index (χ0) is 24.1. The van der Waals surface area contributed by atoms with Gasteiger partial charge in [-0.3, -0.25) is 4.79 Å². The molecule has 7 nitrogen and oxygen atoms in total. The Morgan fingerprint density at radius 2 is 2.00 bits per heavy atom. The number of rotatable bonds is 8. The van der Waals surface area contributed by atoms with Gasteiger partial charge in [-0.25, -0.2) is 9.78 Å². The highest BCUT2D eigenvalue weighted by Gasteiger charge is 2.18. The minimum absolute atomic E-state index is 0.0585. The van der Waals surface area contributed by atoms with Crippen LogP contribution in [0.1, 0.15) is 51.4 Å². The van der Waals surface area contributed by atoms with Crippen LogP contribution in [0, 0.1) is 3.57 Å². The van der Waals surface area contributed by atoms with Gasteiger partial charge < -0.3 is 9.47 Å². The highest BCUT2D eigenvalue weighted by molar-refractivity contribution is 14.1. The van der Waals surface area contributed by atoms with E-state index in [9.17, 15) is 9.59 Å². The summed E-state index contributed by atoms with van der Waals surface area (Å²) in [7, 11) is 0. The minimum atomic E-state index is -0.711. The number of esters is 1. The third-order valence-corrected chi connectivity index (χ3v) is 6.42. The molecule has 0 fully saturated rings. The van der Waals surface area contributed by atoms with Crippen molar-refractivity contribution in [1.29, 1.82) is 0 Å². The van der Waals surface area contributed by atoms with Crippen molar-refractivity contribution in [1.82, 2.24) is 9.66 Å². The maximum atomic E-state index is 13.2. The maximum Gasteiger partial charge on any atom is 0.347 e. The van der Waals surface area contributed by atoms with Crippen LogP contribution in [0.4, 0.5) is 0 Å². The third kappa shape index (κ3) is 6.00. The van der Waals surface area contributed by atoms with Crippen LogP contribution in [-0.4, -0.2) is 34.6 Å². The molecular weight excluding hydrogens is 601 g/mol. The van der Waals surface area contributed by atoms with Crippen molar-refractivity contribution in [3.63, 3.8) is 0 Å². The topological polar surface area (TPSA) is 82.8 Å². The summed E-state index contributed by atoms with van der Waals surface area (Å²) in [6, 6.07) is 10.9. The van der Waals surface area contributed by atoms with Gasteiger partial charge >= 0.3 is 5.97 Å². The van der Waals surface area contributed by atoms with Gasteiger partial charge in [0.15, 0.2) is 6.10 Å². The Morgan fingerprint density at radius 3 is 2.67 bits per heavy atom. The first-order valence-corrected chi connectivity index (χ1v) is 12.5. The van der Waals surface area contributed by atoms with Crippen LogP contribution in [0.25, 0.3) is 10.9 Å². The summed E-state index contributed by atoms with van der Waals surface area (Å²) in [4.78, 5) is 29.8. The van der Waals surface area contributed by atoms with Crippen molar-refractivity contribution in [2.75, 3.05) is 6.61 Å². The predicted molar refractivity (Wildman–Crippen MR) is 141 cm³/mol. The molecule has 0 aliphatic carbocycles. The Balaban J connectivity index is 1.95. The molecule has 2 atom stereocenters. The van der Waals surface area contributed by atoms with Gasteiger partial charge in [0, 0.05) is 10.4 Å². The first-order valence-electron chi connectivity index (χ1n) is 10.6. The SMILES string of the molecule is CCOC(=O)[C@@H](C)Oc1ccc(C=Nn2c([C@@H](C)CC)nc3ccc(Br)cc3c2=O)cc1I. The van der Waals surface area contributed by atoms with E-state index in [1.165, 1.54) is 4.68 Å². The molecule has 1 aromatic heterocycles. The largest absolute Gasteiger partial charge is 0.478 e. The molecule has 33 heavy (non-hydrogen) atoms. The summed E-state index contributed by atoms with van der Waals surface area (Å²) < 4.78 is 13.7. The highest BCUT2D eigenvalue weighted by atomic mass is 127. The minimum Gasteiger partial charge on any atom is -0.478 e. The fraction of sp³-hybridized carbons (Fsp3) is 0.333. The van der Waals surface area contributed by atoms with Crippen LogP contribution >= 0.6 is 38.5 Å². The Morgan fingerprint density at radius 1 is 1.24 bits per heavy atom. The summed E-state index contributed by atoms with van der Waals surface area (Å²) in [5, 5.41) is 4.99. The Bertz CT molecular complexity index is 1260. The zero-order valence-corrected chi connectivity index (χ0v) is 22.6. The van der Waals surface area contributed by atoms with E-state index in [1.54, 1.807) is 32.2 Å². The molecule has 0 saturated heterocycles. The second-order valence-corrected chi connectivity index (χ2v) is 9.58. The van der Waals surface area contributed by atoms with Crippen LogP contribution in [0.15, 0.2) is 50.8 Å². The second-order valence-electron chi connectivity index (χ2n) is 7.50. The quantitative estimate of drug-likeness (QED) is 0.188. The lowest BCUT2D eigenvalue weighted by atomic mass is 10.1. The van der Waals surface area contributed by atoms with Crippen molar-refractivity contribution in [2.24, 2.45) is 5.10 Å². The van der Waals surface area contributed by atoms with Crippen molar-refractivity contribution in [3.05, 3.63) is 66.2 Å². The van der Waals surface area contributed by atoms with E-state index >= 15 is 0 Å². The number of fused-ring (bicyclic) bond motifs is 1. The lowest BCUT2D eigenvalue weighted by molar-refractivity contribution is -0.150. The van der Waals surface area contributed by atoms with Gasteiger partial charge in [-0.1, -0.05) is 29.8 Å². The van der Waals surface area contributed by atoms with Crippen molar-refractivity contribution >= 4 is 61.6 Å². The number of halogens is 2. The third-order valence-electron chi connectivity index (χ3n) is 5.09. The Kier molecular flexibility index (Phi) is 8.63. The van der Waals surface area contributed by atoms with Crippen LogP contribution < -0.4 is 10.3 Å². The second kappa shape index (κ2) is 11.2. The Hall–Kier alpha value is -2.27. The number of benzene rings is 2. The van der Waals surface area contributed by atoms with Gasteiger partial charge in [-0.15, -0.1) is 0 Å². The van der Waals surface area contributed by atoms with E-state index in [0.29, 0.717) is 29.1 Å². The summed E-state index contributed by atoms with van der Waals surface area (Å²) in [6.45, 7) is 7.78. The lowest BCUT2D eigenvalue weighted by Gasteiger charge is -2.15. The molecule has 0 bridgehead atoms. The fourth-order valence-electron chi connectivity index (χ4n) is 3.09. The van der Waals surface area contributed by atoms with E-state index in [2.05, 4.69) is 50.5 Å². The summed E-state index contributed by atoms with van der Waals surface area (Å²) >= 11 is 5.56. The van der Waals surface area contributed by atoms with Crippen LogP contribution in [0.2, 0.25) is 0 Å². The number of carbonyl (C=O) groups is 1. The summed E-state index contributed by atoms with van der Waals surface area (Å²) in [6.07, 6.45) is 1.74. The van der Waals surface area contributed by atoms with E-state index < -0.39 is 12.1 Å². The van der Waals surface area contributed by atoms with Gasteiger partial charge in [-0.2, -0.15) is 9.78 Å². The first kappa shape index (κ1) is 25.4. The molecule has 0 amide bonds. The number of hydrogen-bond acceptors (Lipinski definition) is 6. The number of carbonyl (C=O) groups excluding carboxylic acids is 1. The van der Waals surface area contributed by atoms with Crippen LogP contribution in [0.3, 0.4) is 0 Å². The summed E-state index contributed by atoms with van der Waals surface area (Å²) in [5.41, 5.74) is 1.22. The normalized spacial score (nSPS) is 13.3. The van der Waals surface area contributed by atoms with Crippen LogP contribution in [0.5, 0.6) is 5.75 Å². The molecule has 1 heterocycles. The van der Waals surface area contributed by atoms with Gasteiger partial charge in [-0.05, 0) is 84.8 Å². The van der Waals surface area contributed by atoms with E-state index in [-0.39, 0.29) is 11.5 Å². The molecule has 0 spiro atoms. The van der Waals surface area contributed by atoms with Gasteiger partial charge in [0.25, 0.3) is 5.56 Å². The van der Waals surface area contributed by atoms with Gasteiger partial charge in [0.05, 0.1) is 27.3 Å². The molecule has 0 radical (unpaired) electrons.